The third-order valence-electron chi connectivity index (χ3n) is 4.57. The van der Waals surface area contributed by atoms with Gasteiger partial charge in [0, 0.05) is 32.1 Å². The van der Waals surface area contributed by atoms with Gasteiger partial charge in [0.05, 0.1) is 6.54 Å². The predicted octanol–water partition coefficient (Wildman–Crippen LogP) is 1.95. The molecule has 2 fully saturated rings. The van der Waals surface area contributed by atoms with Gasteiger partial charge in [-0.2, -0.15) is 0 Å². The predicted molar refractivity (Wildman–Crippen MR) is 94.1 cm³/mol. The number of carbonyl (C=O) groups excluding carboxylic acids is 2. The molecular formula is C15H23N5O2S2. The summed E-state index contributed by atoms with van der Waals surface area (Å²) in [5, 5.41) is 11.8. The topological polar surface area (TPSA) is 78.4 Å². The van der Waals surface area contributed by atoms with E-state index in [1.54, 1.807) is 11.8 Å². The minimum absolute atomic E-state index is 0.0562. The molecule has 0 aromatic carbocycles. The quantitative estimate of drug-likeness (QED) is 0.821. The number of hydrogen-bond acceptors (Lipinski definition) is 6. The number of nitrogens with one attached hydrogen (secondary N) is 1. The van der Waals surface area contributed by atoms with E-state index in [4.69, 9.17) is 0 Å². The minimum Gasteiger partial charge on any atom is -0.340 e. The van der Waals surface area contributed by atoms with Crippen molar-refractivity contribution in [3.8, 4) is 0 Å². The molecule has 0 radical (unpaired) electrons. The number of nitrogens with zero attached hydrogens (tertiary/aromatic N) is 4. The first-order chi connectivity index (χ1) is 11.7. The van der Waals surface area contributed by atoms with Crippen molar-refractivity contribution < 1.29 is 9.59 Å². The number of urea groups is 1. The lowest BCUT2D eigenvalue weighted by Gasteiger charge is -2.40. The summed E-state index contributed by atoms with van der Waals surface area (Å²) in [5.74, 6) is 0.282. The minimum atomic E-state index is -0.0562. The van der Waals surface area contributed by atoms with Gasteiger partial charge in [0.2, 0.25) is 5.91 Å². The monoisotopic (exact) mass is 369 g/mol. The highest BCUT2D eigenvalue weighted by molar-refractivity contribution is 8.00. The number of hydrogen-bond donors (Lipinski definition) is 1. The van der Waals surface area contributed by atoms with Crippen molar-refractivity contribution in [3.05, 3.63) is 5.01 Å². The van der Waals surface area contributed by atoms with E-state index < -0.39 is 0 Å². The third-order valence-corrected chi connectivity index (χ3v) is 6.47. The first kappa shape index (κ1) is 17.5. The zero-order valence-electron chi connectivity index (χ0n) is 13.9. The Morgan fingerprint density at radius 3 is 2.75 bits per heavy atom. The zero-order valence-corrected chi connectivity index (χ0v) is 15.5. The summed E-state index contributed by atoms with van der Waals surface area (Å²) in [6.07, 6.45) is 6.50. The second kappa shape index (κ2) is 8.15. The Hall–Kier alpha value is -1.35. The molecule has 3 heterocycles. The van der Waals surface area contributed by atoms with Crippen LogP contribution in [-0.4, -0.2) is 63.9 Å². The van der Waals surface area contributed by atoms with Crippen molar-refractivity contribution in [1.29, 1.82) is 0 Å². The average Bonchev–Trinajstić information content (AvgIpc) is 3.08. The second-order valence-corrected chi connectivity index (χ2v) is 8.20. The van der Waals surface area contributed by atoms with Gasteiger partial charge in [0.1, 0.15) is 5.01 Å². The highest BCUT2D eigenvalue weighted by atomic mass is 32.2. The van der Waals surface area contributed by atoms with Crippen molar-refractivity contribution in [2.24, 2.45) is 0 Å². The maximum atomic E-state index is 12.3. The summed E-state index contributed by atoms with van der Waals surface area (Å²) >= 11 is 3.06. The van der Waals surface area contributed by atoms with Crippen LogP contribution in [0.1, 0.15) is 37.1 Å². The van der Waals surface area contributed by atoms with Crippen molar-refractivity contribution in [2.45, 2.75) is 49.0 Å². The molecule has 0 atom stereocenters. The van der Waals surface area contributed by atoms with E-state index in [2.05, 4.69) is 15.5 Å². The van der Waals surface area contributed by atoms with E-state index in [1.165, 1.54) is 11.3 Å². The largest absolute Gasteiger partial charge is 0.340 e. The van der Waals surface area contributed by atoms with Gasteiger partial charge in [-0.1, -0.05) is 23.1 Å². The number of carbonyl (C=O) groups is 2. The molecule has 2 saturated heterocycles. The fourth-order valence-electron chi connectivity index (χ4n) is 3.25. The summed E-state index contributed by atoms with van der Waals surface area (Å²) in [6, 6.07) is 0.244. The fourth-order valence-corrected chi connectivity index (χ4v) is 4.50. The van der Waals surface area contributed by atoms with Gasteiger partial charge in [0.15, 0.2) is 4.34 Å². The molecular weight excluding hydrogens is 346 g/mol. The van der Waals surface area contributed by atoms with E-state index in [1.807, 2.05) is 16.1 Å². The summed E-state index contributed by atoms with van der Waals surface area (Å²) < 4.78 is 0.909. The molecule has 3 amide bonds. The molecule has 132 valence electrons. The van der Waals surface area contributed by atoms with Crippen LogP contribution in [0, 0.1) is 0 Å². The lowest BCUT2D eigenvalue weighted by molar-refractivity contribution is -0.136. The van der Waals surface area contributed by atoms with E-state index in [-0.39, 0.29) is 11.9 Å². The van der Waals surface area contributed by atoms with Crippen LogP contribution < -0.4 is 5.32 Å². The van der Waals surface area contributed by atoms with E-state index >= 15 is 0 Å². The number of thioether (sulfide) groups is 1. The molecule has 0 aliphatic carbocycles. The summed E-state index contributed by atoms with van der Waals surface area (Å²) in [5.41, 5.74) is 0. The van der Waals surface area contributed by atoms with Crippen LogP contribution >= 0.6 is 23.1 Å². The highest BCUT2D eigenvalue weighted by Crippen LogP contribution is 2.22. The number of amides is 3. The molecule has 0 bridgehead atoms. The third kappa shape index (κ3) is 4.18. The summed E-state index contributed by atoms with van der Waals surface area (Å²) in [7, 11) is 0. The zero-order chi connectivity index (χ0) is 16.9. The van der Waals surface area contributed by atoms with E-state index in [0.29, 0.717) is 32.1 Å². The SMILES string of the molecule is CSc1nnc(CNC(=O)N2CCC(N3CCCCC3=O)CC2)s1. The van der Waals surface area contributed by atoms with Gasteiger partial charge in [-0.15, -0.1) is 10.2 Å². The van der Waals surface area contributed by atoms with Crippen LogP contribution in [0.15, 0.2) is 4.34 Å². The summed E-state index contributed by atoms with van der Waals surface area (Å²) in [4.78, 5) is 28.2. The second-order valence-electron chi connectivity index (χ2n) is 6.09. The van der Waals surface area contributed by atoms with Crippen LogP contribution in [0.4, 0.5) is 4.79 Å². The highest BCUT2D eigenvalue weighted by Gasteiger charge is 2.30. The van der Waals surface area contributed by atoms with Gasteiger partial charge < -0.3 is 15.1 Å². The Morgan fingerprint density at radius 2 is 2.08 bits per heavy atom. The molecule has 1 N–H and O–H groups in total. The van der Waals surface area contributed by atoms with Crippen molar-refractivity contribution in [3.63, 3.8) is 0 Å². The smallest absolute Gasteiger partial charge is 0.317 e. The van der Waals surface area contributed by atoms with Crippen LogP contribution in [0.5, 0.6) is 0 Å². The van der Waals surface area contributed by atoms with Crippen molar-refractivity contribution in [2.75, 3.05) is 25.9 Å². The molecule has 3 rings (SSSR count). The molecule has 0 unspecified atom stereocenters. The number of aromatic nitrogens is 2. The standard InChI is InChI=1S/C15H23N5O2S2/c1-23-15-18-17-12(24-15)10-16-14(22)19-8-5-11(6-9-19)20-7-3-2-4-13(20)21/h11H,2-10H2,1H3,(H,16,22). The Labute approximate surface area is 150 Å². The lowest BCUT2D eigenvalue weighted by atomic mass is 10.00. The Bertz CT molecular complexity index is 586. The maximum absolute atomic E-state index is 12.3. The van der Waals surface area contributed by atoms with Gasteiger partial charge in [-0.25, -0.2) is 4.79 Å². The number of piperidine rings is 2. The Kier molecular flexibility index (Phi) is 5.94. The molecule has 24 heavy (non-hydrogen) atoms. The number of likely N-dealkylation sites (tertiary alicyclic amines) is 2. The normalized spacial score (nSPS) is 19.6. The van der Waals surface area contributed by atoms with Crippen molar-refractivity contribution in [1.82, 2.24) is 25.3 Å². The Balaban J connectivity index is 1.43. The molecule has 7 nitrogen and oxygen atoms in total. The van der Waals surface area contributed by atoms with Crippen LogP contribution in [0.25, 0.3) is 0 Å². The van der Waals surface area contributed by atoms with E-state index in [9.17, 15) is 9.59 Å². The van der Waals surface area contributed by atoms with Crippen molar-refractivity contribution >= 4 is 35.0 Å². The van der Waals surface area contributed by atoms with Crippen LogP contribution in [-0.2, 0) is 11.3 Å². The van der Waals surface area contributed by atoms with Crippen LogP contribution in [0.2, 0.25) is 0 Å². The molecule has 0 spiro atoms. The van der Waals surface area contributed by atoms with Gasteiger partial charge in [0.25, 0.3) is 0 Å². The average molecular weight is 370 g/mol. The lowest BCUT2D eigenvalue weighted by Crippen LogP contribution is -2.51. The van der Waals surface area contributed by atoms with Crippen LogP contribution in [0.3, 0.4) is 0 Å². The molecule has 1 aromatic heterocycles. The molecule has 2 aliphatic heterocycles. The van der Waals surface area contributed by atoms with E-state index in [0.717, 1.165) is 41.6 Å². The molecule has 0 saturated carbocycles. The number of rotatable bonds is 4. The molecule has 2 aliphatic rings. The van der Waals surface area contributed by atoms with Gasteiger partial charge in [-0.05, 0) is 31.9 Å². The molecule has 1 aromatic rings. The summed E-state index contributed by atoms with van der Waals surface area (Å²) in [6.45, 7) is 2.70. The maximum Gasteiger partial charge on any atom is 0.317 e. The van der Waals surface area contributed by atoms with Gasteiger partial charge in [-0.3, -0.25) is 4.79 Å². The first-order valence-electron chi connectivity index (χ1n) is 8.36. The van der Waals surface area contributed by atoms with Gasteiger partial charge >= 0.3 is 6.03 Å². The fraction of sp³-hybridized carbons (Fsp3) is 0.733. The Morgan fingerprint density at radius 1 is 1.29 bits per heavy atom. The molecule has 9 heteroatoms. The first-order valence-corrected chi connectivity index (χ1v) is 10.4.